The van der Waals surface area contributed by atoms with Crippen molar-refractivity contribution in [3.63, 3.8) is 0 Å². The predicted octanol–water partition coefficient (Wildman–Crippen LogP) is 2.48. The summed E-state index contributed by atoms with van der Waals surface area (Å²) in [5, 5.41) is 3.38. The third-order valence-electron chi connectivity index (χ3n) is 3.47. The highest BCUT2D eigenvalue weighted by Gasteiger charge is 2.19. The molecule has 0 aromatic rings. The molecule has 2 heteroatoms. The molecule has 0 radical (unpaired) electrons. The second-order valence-corrected chi connectivity index (χ2v) is 4.70. The van der Waals surface area contributed by atoms with Gasteiger partial charge >= 0.3 is 0 Å². The van der Waals surface area contributed by atoms with Gasteiger partial charge in [-0.25, -0.2) is 0 Å². The van der Waals surface area contributed by atoms with Crippen LogP contribution in [-0.4, -0.2) is 25.3 Å². The third-order valence-corrected chi connectivity index (χ3v) is 3.47. The SMILES string of the molecule is C1CCCC(OC2CCNCC2)CC1. The summed E-state index contributed by atoms with van der Waals surface area (Å²) in [4.78, 5) is 0. The van der Waals surface area contributed by atoms with Crippen LogP contribution < -0.4 is 5.32 Å². The molecular weight excluding hydrogens is 174 g/mol. The van der Waals surface area contributed by atoms with Crippen LogP contribution in [0, 0.1) is 0 Å². The molecule has 0 unspecified atom stereocenters. The fourth-order valence-electron chi connectivity index (χ4n) is 2.58. The predicted molar refractivity (Wildman–Crippen MR) is 58.5 cm³/mol. The Morgan fingerprint density at radius 2 is 1.29 bits per heavy atom. The quantitative estimate of drug-likeness (QED) is 0.687. The van der Waals surface area contributed by atoms with Gasteiger partial charge in [-0.15, -0.1) is 0 Å². The van der Waals surface area contributed by atoms with Crippen molar-refractivity contribution in [3.05, 3.63) is 0 Å². The molecule has 0 aromatic carbocycles. The fourth-order valence-corrected chi connectivity index (χ4v) is 2.58. The minimum absolute atomic E-state index is 0.555. The van der Waals surface area contributed by atoms with E-state index in [9.17, 15) is 0 Å². The molecule has 0 amide bonds. The average molecular weight is 197 g/mol. The van der Waals surface area contributed by atoms with E-state index in [1.807, 2.05) is 0 Å². The van der Waals surface area contributed by atoms with E-state index in [0.29, 0.717) is 12.2 Å². The van der Waals surface area contributed by atoms with Crippen LogP contribution in [0.5, 0.6) is 0 Å². The highest BCUT2D eigenvalue weighted by molar-refractivity contribution is 4.72. The van der Waals surface area contributed by atoms with Crippen molar-refractivity contribution in [1.82, 2.24) is 5.32 Å². The first-order chi connectivity index (χ1) is 6.95. The van der Waals surface area contributed by atoms with Gasteiger partial charge < -0.3 is 10.1 Å². The Kier molecular flexibility index (Phi) is 4.26. The lowest BCUT2D eigenvalue weighted by Gasteiger charge is -2.27. The first kappa shape index (κ1) is 10.4. The summed E-state index contributed by atoms with van der Waals surface area (Å²) >= 11 is 0. The van der Waals surface area contributed by atoms with Crippen LogP contribution >= 0.6 is 0 Å². The van der Waals surface area contributed by atoms with Crippen LogP contribution in [0.25, 0.3) is 0 Å². The molecule has 1 aliphatic heterocycles. The maximum Gasteiger partial charge on any atom is 0.0603 e. The van der Waals surface area contributed by atoms with Gasteiger partial charge in [0.05, 0.1) is 12.2 Å². The molecule has 1 saturated carbocycles. The van der Waals surface area contributed by atoms with Gasteiger partial charge in [-0.2, -0.15) is 0 Å². The lowest BCUT2D eigenvalue weighted by Crippen LogP contribution is -2.34. The molecule has 2 rings (SSSR count). The zero-order valence-electron chi connectivity index (χ0n) is 9.13. The lowest BCUT2D eigenvalue weighted by atomic mass is 10.1. The summed E-state index contributed by atoms with van der Waals surface area (Å²) in [7, 11) is 0. The first-order valence-corrected chi connectivity index (χ1v) is 6.31. The minimum Gasteiger partial charge on any atom is -0.375 e. The van der Waals surface area contributed by atoms with E-state index in [4.69, 9.17) is 4.74 Å². The summed E-state index contributed by atoms with van der Waals surface area (Å²) in [5.74, 6) is 0. The van der Waals surface area contributed by atoms with Gasteiger partial charge in [0.15, 0.2) is 0 Å². The van der Waals surface area contributed by atoms with Gasteiger partial charge in [-0.1, -0.05) is 25.7 Å². The summed E-state index contributed by atoms with van der Waals surface area (Å²) in [6.07, 6.45) is 11.8. The van der Waals surface area contributed by atoms with E-state index in [-0.39, 0.29) is 0 Å². The monoisotopic (exact) mass is 197 g/mol. The highest BCUT2D eigenvalue weighted by atomic mass is 16.5. The Hall–Kier alpha value is -0.0800. The molecule has 1 N–H and O–H groups in total. The Labute approximate surface area is 87.4 Å². The molecule has 0 spiro atoms. The van der Waals surface area contributed by atoms with Gasteiger partial charge in [-0.3, -0.25) is 0 Å². The van der Waals surface area contributed by atoms with Crippen LogP contribution in [-0.2, 0) is 4.74 Å². The Morgan fingerprint density at radius 1 is 0.714 bits per heavy atom. The van der Waals surface area contributed by atoms with E-state index in [2.05, 4.69) is 5.32 Å². The number of piperidine rings is 1. The second kappa shape index (κ2) is 5.72. The maximum absolute atomic E-state index is 6.17. The van der Waals surface area contributed by atoms with Crippen molar-refractivity contribution >= 4 is 0 Å². The molecule has 0 atom stereocenters. The minimum atomic E-state index is 0.555. The maximum atomic E-state index is 6.17. The van der Waals surface area contributed by atoms with E-state index < -0.39 is 0 Å². The van der Waals surface area contributed by atoms with E-state index in [0.717, 1.165) is 13.1 Å². The van der Waals surface area contributed by atoms with Crippen molar-refractivity contribution in [1.29, 1.82) is 0 Å². The van der Waals surface area contributed by atoms with E-state index in [1.165, 1.54) is 51.4 Å². The summed E-state index contributed by atoms with van der Waals surface area (Å²) in [6.45, 7) is 2.30. The molecule has 1 saturated heterocycles. The number of hydrogen-bond acceptors (Lipinski definition) is 2. The van der Waals surface area contributed by atoms with Crippen LogP contribution in [0.15, 0.2) is 0 Å². The number of rotatable bonds is 2. The third kappa shape index (κ3) is 3.25. The van der Waals surface area contributed by atoms with Crippen LogP contribution in [0.2, 0.25) is 0 Å². The molecular formula is C12H23NO. The topological polar surface area (TPSA) is 21.3 Å². The summed E-state index contributed by atoms with van der Waals surface area (Å²) in [6, 6.07) is 0. The van der Waals surface area contributed by atoms with Crippen molar-refractivity contribution in [2.45, 2.75) is 63.6 Å². The Balaban J connectivity index is 1.71. The number of ether oxygens (including phenoxy) is 1. The van der Waals surface area contributed by atoms with E-state index >= 15 is 0 Å². The standard InChI is InChI=1S/C12H23NO/c1-2-4-6-11(5-3-1)14-12-7-9-13-10-8-12/h11-13H,1-10H2. The highest BCUT2D eigenvalue weighted by Crippen LogP contribution is 2.22. The van der Waals surface area contributed by atoms with Crippen molar-refractivity contribution in [3.8, 4) is 0 Å². The van der Waals surface area contributed by atoms with E-state index in [1.54, 1.807) is 0 Å². The van der Waals surface area contributed by atoms with Gasteiger partial charge in [0.25, 0.3) is 0 Å². The molecule has 82 valence electrons. The van der Waals surface area contributed by atoms with Crippen molar-refractivity contribution in [2.24, 2.45) is 0 Å². The second-order valence-electron chi connectivity index (χ2n) is 4.70. The van der Waals surface area contributed by atoms with Crippen LogP contribution in [0.4, 0.5) is 0 Å². The largest absolute Gasteiger partial charge is 0.375 e. The van der Waals surface area contributed by atoms with Crippen LogP contribution in [0.1, 0.15) is 51.4 Å². The molecule has 1 aliphatic carbocycles. The number of hydrogen-bond donors (Lipinski definition) is 1. The zero-order valence-corrected chi connectivity index (χ0v) is 9.13. The zero-order chi connectivity index (χ0) is 9.64. The van der Waals surface area contributed by atoms with Gasteiger partial charge in [0.1, 0.15) is 0 Å². The van der Waals surface area contributed by atoms with Crippen molar-refractivity contribution in [2.75, 3.05) is 13.1 Å². The first-order valence-electron chi connectivity index (χ1n) is 6.31. The van der Waals surface area contributed by atoms with Crippen molar-refractivity contribution < 1.29 is 4.74 Å². The van der Waals surface area contributed by atoms with Gasteiger partial charge in [-0.05, 0) is 38.8 Å². The lowest BCUT2D eigenvalue weighted by molar-refractivity contribution is -0.0326. The molecule has 1 heterocycles. The van der Waals surface area contributed by atoms with Gasteiger partial charge in [0.2, 0.25) is 0 Å². The smallest absolute Gasteiger partial charge is 0.0603 e. The molecule has 14 heavy (non-hydrogen) atoms. The number of nitrogens with one attached hydrogen (secondary N) is 1. The normalized spacial score (nSPS) is 27.4. The Morgan fingerprint density at radius 3 is 1.93 bits per heavy atom. The molecule has 2 nitrogen and oxygen atoms in total. The Bertz CT molecular complexity index is 146. The van der Waals surface area contributed by atoms with Gasteiger partial charge in [0, 0.05) is 0 Å². The van der Waals surface area contributed by atoms with Crippen LogP contribution in [0.3, 0.4) is 0 Å². The summed E-state index contributed by atoms with van der Waals surface area (Å²) in [5.41, 5.74) is 0. The average Bonchev–Trinajstić information content (AvgIpc) is 2.48. The molecule has 2 fully saturated rings. The fraction of sp³-hybridized carbons (Fsp3) is 1.00. The molecule has 2 aliphatic rings. The molecule has 0 bridgehead atoms. The molecule has 0 aromatic heterocycles. The summed E-state index contributed by atoms with van der Waals surface area (Å²) < 4.78 is 6.17.